The Kier molecular flexibility index (Phi) is 4.22. The number of hydrogen-bond donors (Lipinski definition) is 1. The molecule has 2 aliphatic carbocycles. The number of nitrogens with zero attached hydrogens (tertiary/aromatic N) is 1. The van der Waals surface area contributed by atoms with Crippen molar-refractivity contribution in [1.29, 1.82) is 0 Å². The first-order valence-corrected chi connectivity index (χ1v) is 6.74. The summed E-state index contributed by atoms with van der Waals surface area (Å²) in [7, 11) is 0. The predicted molar refractivity (Wildman–Crippen MR) is 66.6 cm³/mol. The Morgan fingerprint density at radius 2 is 1.94 bits per heavy atom. The lowest BCUT2D eigenvalue weighted by Crippen LogP contribution is -2.37. The van der Waals surface area contributed by atoms with Crippen LogP contribution in [-0.2, 0) is 4.74 Å². The van der Waals surface area contributed by atoms with Crippen LogP contribution in [-0.4, -0.2) is 24.6 Å². The van der Waals surface area contributed by atoms with Gasteiger partial charge >= 0.3 is 0 Å². The second-order valence-electron chi connectivity index (χ2n) is 5.09. The van der Waals surface area contributed by atoms with Gasteiger partial charge in [-0.2, -0.15) is 0 Å². The van der Waals surface area contributed by atoms with Gasteiger partial charge in [0, 0.05) is 12.5 Å². The van der Waals surface area contributed by atoms with Crippen LogP contribution in [0.3, 0.4) is 0 Å². The number of hydrogen-bond acceptors (Lipinski definition) is 2. The summed E-state index contributed by atoms with van der Waals surface area (Å²) < 4.78 is 5.53. The van der Waals surface area contributed by atoms with E-state index in [2.05, 4.69) is 4.99 Å². The lowest BCUT2D eigenvalue weighted by Gasteiger charge is -2.33. The summed E-state index contributed by atoms with van der Waals surface area (Å²) in [6.07, 6.45) is 9.11. The van der Waals surface area contributed by atoms with Crippen molar-refractivity contribution in [2.75, 3.05) is 6.61 Å². The highest BCUT2D eigenvalue weighted by Gasteiger charge is 2.30. The zero-order valence-corrected chi connectivity index (χ0v) is 10.3. The second kappa shape index (κ2) is 5.67. The Balaban J connectivity index is 1.74. The van der Waals surface area contributed by atoms with E-state index in [1.165, 1.54) is 32.1 Å². The first-order valence-electron chi connectivity index (χ1n) is 6.74. The van der Waals surface area contributed by atoms with Crippen LogP contribution in [0.2, 0.25) is 0 Å². The van der Waals surface area contributed by atoms with E-state index in [0.717, 1.165) is 25.3 Å². The van der Waals surface area contributed by atoms with Crippen molar-refractivity contribution in [2.24, 2.45) is 16.6 Å². The fourth-order valence-corrected chi connectivity index (χ4v) is 2.73. The number of ether oxygens (including phenoxy) is 1. The zero-order chi connectivity index (χ0) is 11.4. The molecule has 0 heterocycles. The van der Waals surface area contributed by atoms with Gasteiger partial charge in [0.1, 0.15) is 0 Å². The minimum absolute atomic E-state index is 0.443. The molecule has 0 aromatic heterocycles. The molecule has 16 heavy (non-hydrogen) atoms. The minimum atomic E-state index is 0.443. The van der Waals surface area contributed by atoms with Crippen LogP contribution in [0.15, 0.2) is 4.99 Å². The molecule has 0 unspecified atom stereocenters. The summed E-state index contributed by atoms with van der Waals surface area (Å²) >= 11 is 0. The van der Waals surface area contributed by atoms with Crippen molar-refractivity contribution in [3.05, 3.63) is 0 Å². The summed E-state index contributed by atoms with van der Waals surface area (Å²) in [6.45, 7) is 2.87. The van der Waals surface area contributed by atoms with Crippen molar-refractivity contribution in [3.63, 3.8) is 0 Å². The molecule has 0 aromatic rings. The average Bonchev–Trinajstić information content (AvgIpc) is 2.27. The maximum atomic E-state index is 6.09. The van der Waals surface area contributed by atoms with Crippen LogP contribution in [0.4, 0.5) is 0 Å². The third-order valence-corrected chi connectivity index (χ3v) is 3.83. The standard InChI is InChI=1S/C13H24N2O/c1-2-16-12-8-11(9-12)15-13(14)10-6-4-3-5-7-10/h10-12H,2-9H2,1H3,(H2,14,15). The summed E-state index contributed by atoms with van der Waals surface area (Å²) in [5.74, 6) is 1.49. The molecule has 92 valence electrons. The third kappa shape index (κ3) is 2.97. The van der Waals surface area contributed by atoms with E-state index in [1.807, 2.05) is 6.92 Å². The van der Waals surface area contributed by atoms with Crippen LogP contribution >= 0.6 is 0 Å². The molecule has 0 aromatic carbocycles. The first-order chi connectivity index (χ1) is 7.79. The van der Waals surface area contributed by atoms with Gasteiger partial charge in [-0.05, 0) is 32.6 Å². The number of rotatable bonds is 4. The molecular weight excluding hydrogens is 200 g/mol. The van der Waals surface area contributed by atoms with Gasteiger partial charge in [-0.1, -0.05) is 19.3 Å². The maximum Gasteiger partial charge on any atom is 0.0971 e. The molecule has 0 amide bonds. The van der Waals surface area contributed by atoms with Crippen molar-refractivity contribution in [3.8, 4) is 0 Å². The molecule has 0 saturated heterocycles. The van der Waals surface area contributed by atoms with Gasteiger partial charge in [0.25, 0.3) is 0 Å². The third-order valence-electron chi connectivity index (χ3n) is 3.83. The largest absolute Gasteiger partial charge is 0.387 e. The van der Waals surface area contributed by atoms with E-state index in [-0.39, 0.29) is 0 Å². The molecule has 2 aliphatic rings. The lowest BCUT2D eigenvalue weighted by molar-refractivity contribution is -0.000821. The van der Waals surface area contributed by atoms with E-state index in [1.54, 1.807) is 0 Å². The van der Waals surface area contributed by atoms with Gasteiger partial charge in [-0.3, -0.25) is 4.99 Å². The summed E-state index contributed by atoms with van der Waals surface area (Å²) in [4.78, 5) is 4.65. The molecule has 0 atom stereocenters. The Bertz CT molecular complexity index is 240. The maximum absolute atomic E-state index is 6.09. The second-order valence-corrected chi connectivity index (χ2v) is 5.09. The van der Waals surface area contributed by atoms with Gasteiger partial charge in [-0.25, -0.2) is 0 Å². The topological polar surface area (TPSA) is 47.6 Å². The van der Waals surface area contributed by atoms with E-state index < -0.39 is 0 Å². The number of amidine groups is 1. The van der Waals surface area contributed by atoms with Gasteiger partial charge in [-0.15, -0.1) is 0 Å². The number of aliphatic imine (C=N–C) groups is 1. The van der Waals surface area contributed by atoms with Crippen LogP contribution in [0.5, 0.6) is 0 Å². The molecule has 2 N–H and O–H groups in total. The lowest BCUT2D eigenvalue weighted by atomic mass is 9.87. The molecule has 0 spiro atoms. The van der Waals surface area contributed by atoms with Crippen molar-refractivity contribution >= 4 is 5.84 Å². The van der Waals surface area contributed by atoms with Crippen LogP contribution in [0.25, 0.3) is 0 Å². The molecule has 3 nitrogen and oxygen atoms in total. The highest BCUT2D eigenvalue weighted by atomic mass is 16.5. The Morgan fingerprint density at radius 1 is 1.25 bits per heavy atom. The fraction of sp³-hybridized carbons (Fsp3) is 0.923. The highest BCUT2D eigenvalue weighted by molar-refractivity contribution is 5.83. The van der Waals surface area contributed by atoms with Gasteiger partial charge < -0.3 is 10.5 Å². The zero-order valence-electron chi connectivity index (χ0n) is 10.3. The molecule has 0 radical (unpaired) electrons. The molecule has 3 heteroatoms. The normalized spacial score (nSPS) is 32.4. The molecule has 2 rings (SSSR count). The minimum Gasteiger partial charge on any atom is -0.387 e. The Labute approximate surface area is 98.5 Å². The predicted octanol–water partition coefficient (Wildman–Crippen LogP) is 2.49. The van der Waals surface area contributed by atoms with Gasteiger partial charge in [0.15, 0.2) is 0 Å². The van der Waals surface area contributed by atoms with E-state index in [4.69, 9.17) is 10.5 Å². The Hall–Kier alpha value is -0.570. The quantitative estimate of drug-likeness (QED) is 0.589. The van der Waals surface area contributed by atoms with Crippen molar-refractivity contribution in [2.45, 2.75) is 64.0 Å². The SMILES string of the molecule is CCOC1CC(N=C(N)C2CCCCC2)C1. The summed E-state index contributed by atoms with van der Waals surface area (Å²) in [5, 5.41) is 0. The average molecular weight is 224 g/mol. The van der Waals surface area contributed by atoms with Crippen LogP contribution in [0, 0.1) is 5.92 Å². The van der Waals surface area contributed by atoms with Gasteiger partial charge in [0.2, 0.25) is 0 Å². The highest BCUT2D eigenvalue weighted by Crippen LogP contribution is 2.28. The molecular formula is C13H24N2O. The molecule has 0 bridgehead atoms. The fourth-order valence-electron chi connectivity index (χ4n) is 2.73. The van der Waals surface area contributed by atoms with Crippen LogP contribution < -0.4 is 5.73 Å². The monoisotopic (exact) mass is 224 g/mol. The smallest absolute Gasteiger partial charge is 0.0971 e. The van der Waals surface area contributed by atoms with Gasteiger partial charge in [0.05, 0.1) is 18.0 Å². The Morgan fingerprint density at radius 3 is 2.56 bits per heavy atom. The van der Waals surface area contributed by atoms with Crippen molar-refractivity contribution in [1.82, 2.24) is 0 Å². The van der Waals surface area contributed by atoms with E-state index in [0.29, 0.717) is 18.1 Å². The molecule has 2 saturated carbocycles. The van der Waals surface area contributed by atoms with Crippen LogP contribution in [0.1, 0.15) is 51.9 Å². The summed E-state index contributed by atoms with van der Waals surface area (Å²) in [6, 6.07) is 0.443. The van der Waals surface area contributed by atoms with Crippen molar-refractivity contribution < 1.29 is 4.74 Å². The molecule has 0 aliphatic heterocycles. The summed E-state index contributed by atoms with van der Waals surface area (Å²) in [5.41, 5.74) is 6.09. The first kappa shape index (κ1) is 11.9. The van der Waals surface area contributed by atoms with E-state index >= 15 is 0 Å². The molecule has 2 fully saturated rings. The van der Waals surface area contributed by atoms with E-state index in [9.17, 15) is 0 Å². The number of nitrogens with two attached hydrogens (primary N) is 1.